The first-order valence-corrected chi connectivity index (χ1v) is 7.15. The van der Waals surface area contributed by atoms with Crippen LogP contribution in [0.5, 0.6) is 0 Å². The second-order valence-corrected chi connectivity index (χ2v) is 5.90. The molecule has 1 fully saturated rings. The van der Waals surface area contributed by atoms with Crippen LogP contribution in [0.1, 0.15) is 24.3 Å². The summed E-state index contributed by atoms with van der Waals surface area (Å²) in [4.78, 5) is 16.9. The lowest BCUT2D eigenvalue weighted by Crippen LogP contribution is -2.48. The molecule has 1 aliphatic heterocycles. The molecule has 0 aromatic carbocycles. The van der Waals surface area contributed by atoms with Crippen LogP contribution >= 0.6 is 0 Å². The Morgan fingerprint density at radius 2 is 1.84 bits per heavy atom. The first kappa shape index (κ1) is 14.3. The highest BCUT2D eigenvalue weighted by Gasteiger charge is 2.20. The van der Waals surface area contributed by atoms with Crippen molar-refractivity contribution in [3.05, 3.63) is 24.0 Å². The van der Waals surface area contributed by atoms with E-state index < -0.39 is 0 Å². The van der Waals surface area contributed by atoms with Crippen molar-refractivity contribution in [3.63, 3.8) is 0 Å². The van der Waals surface area contributed by atoms with Gasteiger partial charge in [-0.1, -0.05) is 13.8 Å². The van der Waals surface area contributed by atoms with E-state index in [4.69, 9.17) is 0 Å². The molecule has 0 saturated carbocycles. The number of carbonyl (C=O) groups excluding carboxylic acids is 1. The number of nitrogens with zero attached hydrogens (tertiary/aromatic N) is 3. The first-order valence-electron chi connectivity index (χ1n) is 7.15. The molecule has 1 aromatic rings. The summed E-state index contributed by atoms with van der Waals surface area (Å²) in [6.45, 7) is 10.4. The van der Waals surface area contributed by atoms with Crippen LogP contribution in [0.25, 0.3) is 0 Å². The number of piperazine rings is 1. The highest BCUT2D eigenvalue weighted by molar-refractivity contribution is 5.96. The lowest BCUT2D eigenvalue weighted by molar-refractivity contribution is 0.0830. The minimum atomic E-state index is 0.227. The molecule has 1 aromatic heterocycles. The standard InChI is InChI=1S/C15H25N3O/c1-13(2)11-17-7-9-18(10-8-17)12-15(19)14-5-4-6-16(14)3/h4-6,13H,7-12H2,1-3H3. The molecule has 1 aliphatic rings. The third-order valence-corrected chi connectivity index (χ3v) is 3.68. The zero-order valence-corrected chi connectivity index (χ0v) is 12.3. The van der Waals surface area contributed by atoms with Gasteiger partial charge in [0.15, 0.2) is 5.78 Å². The Hall–Kier alpha value is -1.13. The summed E-state index contributed by atoms with van der Waals surface area (Å²) < 4.78 is 1.90. The van der Waals surface area contributed by atoms with Crippen LogP contribution in [-0.2, 0) is 7.05 Å². The lowest BCUT2D eigenvalue weighted by atomic mass is 10.2. The van der Waals surface area contributed by atoms with Crippen molar-refractivity contribution in [1.82, 2.24) is 14.4 Å². The van der Waals surface area contributed by atoms with Crippen LogP contribution in [0.2, 0.25) is 0 Å². The maximum atomic E-state index is 12.2. The molecule has 0 amide bonds. The van der Waals surface area contributed by atoms with Crippen LogP contribution in [0.4, 0.5) is 0 Å². The molecule has 1 saturated heterocycles. The molecule has 2 heterocycles. The van der Waals surface area contributed by atoms with Crippen molar-refractivity contribution >= 4 is 5.78 Å². The van der Waals surface area contributed by atoms with E-state index in [1.165, 1.54) is 6.54 Å². The van der Waals surface area contributed by atoms with Crippen LogP contribution in [0, 0.1) is 5.92 Å². The van der Waals surface area contributed by atoms with Crippen LogP contribution < -0.4 is 0 Å². The van der Waals surface area contributed by atoms with Gasteiger partial charge in [0.05, 0.1) is 12.2 Å². The second-order valence-electron chi connectivity index (χ2n) is 5.90. The van der Waals surface area contributed by atoms with E-state index in [1.54, 1.807) is 0 Å². The first-order chi connectivity index (χ1) is 9.06. The monoisotopic (exact) mass is 263 g/mol. The van der Waals surface area contributed by atoms with Gasteiger partial charge in [0.1, 0.15) is 0 Å². The number of aromatic nitrogens is 1. The molecule has 0 radical (unpaired) electrons. The Balaban J connectivity index is 1.80. The zero-order chi connectivity index (χ0) is 13.8. The summed E-state index contributed by atoms with van der Waals surface area (Å²) in [5, 5.41) is 0. The predicted molar refractivity (Wildman–Crippen MR) is 77.5 cm³/mol. The molecular weight excluding hydrogens is 238 g/mol. The molecule has 0 atom stereocenters. The zero-order valence-electron chi connectivity index (χ0n) is 12.3. The van der Waals surface area contributed by atoms with E-state index in [1.807, 2.05) is 29.9 Å². The van der Waals surface area contributed by atoms with E-state index in [9.17, 15) is 4.79 Å². The van der Waals surface area contributed by atoms with Crippen LogP contribution in [0.3, 0.4) is 0 Å². The van der Waals surface area contributed by atoms with Crippen molar-refractivity contribution in [1.29, 1.82) is 0 Å². The van der Waals surface area contributed by atoms with Crippen molar-refractivity contribution in [2.45, 2.75) is 13.8 Å². The third kappa shape index (κ3) is 3.91. The molecule has 0 spiro atoms. The third-order valence-electron chi connectivity index (χ3n) is 3.68. The van der Waals surface area contributed by atoms with Gasteiger partial charge in [0.25, 0.3) is 0 Å². The highest BCUT2D eigenvalue weighted by Crippen LogP contribution is 2.07. The number of hydrogen-bond donors (Lipinski definition) is 0. The van der Waals surface area contributed by atoms with Gasteiger partial charge in [-0.25, -0.2) is 0 Å². The summed E-state index contributed by atoms with van der Waals surface area (Å²) >= 11 is 0. The molecule has 19 heavy (non-hydrogen) atoms. The van der Waals surface area contributed by atoms with E-state index in [-0.39, 0.29) is 5.78 Å². The fourth-order valence-electron chi connectivity index (χ4n) is 2.68. The maximum absolute atomic E-state index is 12.2. The normalized spacial score (nSPS) is 18.1. The van der Waals surface area contributed by atoms with Crippen molar-refractivity contribution in [3.8, 4) is 0 Å². The summed E-state index contributed by atoms with van der Waals surface area (Å²) in [6.07, 6.45) is 1.92. The molecule has 0 aliphatic carbocycles. The van der Waals surface area contributed by atoms with Crippen molar-refractivity contribution < 1.29 is 4.79 Å². The molecule has 106 valence electrons. The smallest absolute Gasteiger partial charge is 0.193 e. The summed E-state index contributed by atoms with van der Waals surface area (Å²) in [7, 11) is 1.92. The summed E-state index contributed by atoms with van der Waals surface area (Å²) in [5.41, 5.74) is 0.810. The molecule has 0 N–H and O–H groups in total. The number of ketones is 1. The second kappa shape index (κ2) is 6.35. The highest BCUT2D eigenvalue weighted by atomic mass is 16.1. The van der Waals surface area contributed by atoms with Crippen LogP contribution in [-0.4, -0.2) is 59.4 Å². The van der Waals surface area contributed by atoms with E-state index in [2.05, 4.69) is 23.6 Å². The molecule has 0 bridgehead atoms. The Kier molecular flexibility index (Phi) is 4.77. The number of rotatable bonds is 5. The van der Waals surface area contributed by atoms with Crippen molar-refractivity contribution in [2.24, 2.45) is 13.0 Å². The maximum Gasteiger partial charge on any atom is 0.193 e. The van der Waals surface area contributed by atoms with Gasteiger partial charge in [-0.05, 0) is 18.1 Å². The molecule has 4 nitrogen and oxygen atoms in total. The molecule has 4 heteroatoms. The topological polar surface area (TPSA) is 28.5 Å². The fourth-order valence-corrected chi connectivity index (χ4v) is 2.68. The quantitative estimate of drug-likeness (QED) is 0.753. The van der Waals surface area contributed by atoms with Gasteiger partial charge < -0.3 is 9.47 Å². The van der Waals surface area contributed by atoms with Gasteiger partial charge in [0, 0.05) is 46.0 Å². The lowest BCUT2D eigenvalue weighted by Gasteiger charge is -2.35. The van der Waals surface area contributed by atoms with Gasteiger partial charge in [0.2, 0.25) is 0 Å². The van der Waals surface area contributed by atoms with E-state index in [0.717, 1.165) is 37.8 Å². The van der Waals surface area contributed by atoms with Gasteiger partial charge in [-0.15, -0.1) is 0 Å². The number of carbonyl (C=O) groups is 1. The van der Waals surface area contributed by atoms with E-state index in [0.29, 0.717) is 6.54 Å². The van der Waals surface area contributed by atoms with Gasteiger partial charge in [-0.3, -0.25) is 9.69 Å². The molecule has 0 unspecified atom stereocenters. The fraction of sp³-hybridized carbons (Fsp3) is 0.667. The number of aryl methyl sites for hydroxylation is 1. The SMILES string of the molecule is CC(C)CN1CCN(CC(=O)c2cccn2C)CC1. The van der Waals surface area contributed by atoms with Crippen LogP contribution in [0.15, 0.2) is 18.3 Å². The minimum absolute atomic E-state index is 0.227. The Morgan fingerprint density at radius 1 is 1.21 bits per heavy atom. The predicted octanol–water partition coefficient (Wildman–Crippen LogP) is 1.48. The number of hydrogen-bond acceptors (Lipinski definition) is 3. The molecule has 2 rings (SSSR count). The number of Topliss-reactive ketones (excluding diaryl/α,β-unsaturated/α-hetero) is 1. The summed E-state index contributed by atoms with van der Waals surface area (Å²) in [6, 6.07) is 3.82. The van der Waals surface area contributed by atoms with Gasteiger partial charge >= 0.3 is 0 Å². The largest absolute Gasteiger partial charge is 0.348 e. The van der Waals surface area contributed by atoms with Gasteiger partial charge in [-0.2, -0.15) is 0 Å². The average Bonchev–Trinajstić information content (AvgIpc) is 2.77. The minimum Gasteiger partial charge on any atom is -0.348 e. The Morgan fingerprint density at radius 3 is 2.37 bits per heavy atom. The van der Waals surface area contributed by atoms with Crippen molar-refractivity contribution in [2.75, 3.05) is 39.3 Å². The summed E-state index contributed by atoms with van der Waals surface area (Å²) in [5.74, 6) is 0.946. The Labute approximate surface area is 116 Å². The molecular formula is C15H25N3O. The van der Waals surface area contributed by atoms with E-state index >= 15 is 0 Å². The Bertz CT molecular complexity index is 417. The average molecular weight is 263 g/mol.